The quantitative estimate of drug-likeness (QED) is 0.356. The molecule has 2 N–H and O–H groups in total. The van der Waals surface area contributed by atoms with E-state index in [4.69, 9.17) is 4.74 Å². The number of rotatable bonds is 6. The van der Waals surface area contributed by atoms with Crippen LogP contribution in [-0.4, -0.2) is 40.6 Å². The number of hydrogen-bond donors (Lipinski definition) is 2. The molecule has 0 spiro atoms. The lowest BCUT2D eigenvalue weighted by atomic mass is 10.5. The molecule has 0 unspecified atom stereocenters. The molecule has 19 heavy (non-hydrogen) atoms. The average molecular weight is 272 g/mol. The number of H-pyrrole nitrogens is 1. The van der Waals surface area contributed by atoms with Gasteiger partial charge in [-0.3, -0.25) is 29.3 Å². The zero-order valence-corrected chi connectivity index (χ0v) is 10.0. The number of nitro groups is 1. The van der Waals surface area contributed by atoms with Crippen LogP contribution in [0.25, 0.3) is 0 Å². The molecule has 104 valence electrons. The summed E-state index contributed by atoms with van der Waals surface area (Å²) in [6.45, 7) is 0.113. The minimum atomic E-state index is -1.11. The molecule has 0 aromatic carbocycles. The molecule has 0 aliphatic rings. The molecule has 1 amide bonds. The van der Waals surface area contributed by atoms with Gasteiger partial charge in [-0.25, -0.2) is 4.79 Å². The Morgan fingerprint density at radius 2 is 2.26 bits per heavy atom. The second kappa shape index (κ2) is 6.44. The molecule has 0 aliphatic heterocycles. The fraction of sp³-hybridized carbons (Fsp3) is 0.444. The number of aromatic amines is 1. The molecule has 1 rings (SSSR count). The summed E-state index contributed by atoms with van der Waals surface area (Å²) in [5.41, 5.74) is -2.80. The molecule has 0 radical (unpaired) electrons. The van der Waals surface area contributed by atoms with Crippen LogP contribution < -0.4 is 16.6 Å². The third-order valence-corrected chi connectivity index (χ3v) is 2.13. The summed E-state index contributed by atoms with van der Waals surface area (Å²) in [6.07, 6.45) is 0.733. The highest BCUT2D eigenvalue weighted by molar-refractivity contribution is 5.75. The Bertz CT molecular complexity index is 589. The molecule has 10 heteroatoms. The molecule has 0 fully saturated rings. The maximum atomic E-state index is 11.4. The van der Waals surface area contributed by atoms with Crippen LogP contribution >= 0.6 is 0 Å². The van der Waals surface area contributed by atoms with Crippen LogP contribution in [0.1, 0.15) is 0 Å². The number of aromatic nitrogens is 2. The first kappa shape index (κ1) is 14.6. The Balaban J connectivity index is 2.87. The lowest BCUT2D eigenvalue weighted by Crippen LogP contribution is -2.37. The largest absolute Gasteiger partial charge is 0.383 e. The maximum absolute atomic E-state index is 11.4. The summed E-state index contributed by atoms with van der Waals surface area (Å²) in [5.74, 6) is -0.527. The monoisotopic (exact) mass is 272 g/mol. The Morgan fingerprint density at radius 3 is 2.84 bits per heavy atom. The van der Waals surface area contributed by atoms with Crippen molar-refractivity contribution in [1.82, 2.24) is 14.9 Å². The van der Waals surface area contributed by atoms with Gasteiger partial charge in [0.1, 0.15) is 6.54 Å². The summed E-state index contributed by atoms with van der Waals surface area (Å²) >= 11 is 0. The highest BCUT2D eigenvalue weighted by Crippen LogP contribution is 1.98. The number of carbonyl (C=O) groups is 1. The van der Waals surface area contributed by atoms with Gasteiger partial charge < -0.3 is 10.1 Å². The van der Waals surface area contributed by atoms with Gasteiger partial charge in [0.05, 0.1) is 17.7 Å². The summed E-state index contributed by atoms with van der Waals surface area (Å²) < 4.78 is 5.46. The van der Waals surface area contributed by atoms with E-state index in [1.165, 1.54) is 7.11 Å². The third kappa shape index (κ3) is 4.03. The fourth-order valence-corrected chi connectivity index (χ4v) is 1.25. The normalized spacial score (nSPS) is 10.2. The number of hydrogen-bond acceptors (Lipinski definition) is 6. The van der Waals surface area contributed by atoms with Gasteiger partial charge in [-0.2, -0.15) is 0 Å². The summed E-state index contributed by atoms with van der Waals surface area (Å²) in [5, 5.41) is 13.0. The van der Waals surface area contributed by atoms with E-state index in [0.717, 1.165) is 10.8 Å². The molecule has 0 saturated heterocycles. The highest BCUT2D eigenvalue weighted by atomic mass is 16.6. The van der Waals surface area contributed by atoms with Gasteiger partial charge in [-0.15, -0.1) is 0 Å². The Labute approximate surface area is 106 Å². The molecular formula is C9H12N4O6. The van der Waals surface area contributed by atoms with Gasteiger partial charge in [-0.1, -0.05) is 0 Å². The van der Waals surface area contributed by atoms with E-state index in [9.17, 15) is 24.5 Å². The predicted octanol–water partition coefficient (Wildman–Crippen LogP) is -1.79. The van der Waals surface area contributed by atoms with Gasteiger partial charge in [0.2, 0.25) is 5.91 Å². The van der Waals surface area contributed by atoms with Crippen LogP contribution in [0.5, 0.6) is 0 Å². The van der Waals surface area contributed by atoms with E-state index in [1.807, 2.05) is 0 Å². The zero-order valence-electron chi connectivity index (χ0n) is 10.0. The molecule has 1 aromatic heterocycles. The van der Waals surface area contributed by atoms with Crippen LogP contribution in [0.3, 0.4) is 0 Å². The Kier molecular flexibility index (Phi) is 4.94. The first-order valence-corrected chi connectivity index (χ1v) is 5.19. The minimum Gasteiger partial charge on any atom is -0.383 e. The number of ether oxygens (including phenoxy) is 1. The molecule has 10 nitrogen and oxygen atoms in total. The summed E-state index contributed by atoms with van der Waals surface area (Å²) in [7, 11) is 1.46. The van der Waals surface area contributed by atoms with Crippen LogP contribution in [0.4, 0.5) is 5.69 Å². The van der Waals surface area contributed by atoms with Crippen LogP contribution in [0, 0.1) is 10.1 Å². The van der Waals surface area contributed by atoms with Gasteiger partial charge >= 0.3 is 16.9 Å². The lowest BCUT2D eigenvalue weighted by molar-refractivity contribution is -0.386. The molecule has 1 aromatic rings. The fourth-order valence-electron chi connectivity index (χ4n) is 1.25. The van der Waals surface area contributed by atoms with Crippen molar-refractivity contribution < 1.29 is 14.5 Å². The molecule has 0 saturated carbocycles. The molecule has 0 aliphatic carbocycles. The number of nitrogens with zero attached hydrogens (tertiary/aromatic N) is 2. The number of carbonyl (C=O) groups excluding carboxylic acids is 1. The van der Waals surface area contributed by atoms with Crippen molar-refractivity contribution >= 4 is 11.6 Å². The van der Waals surface area contributed by atoms with E-state index in [2.05, 4.69) is 5.32 Å². The number of amides is 1. The lowest BCUT2D eigenvalue weighted by Gasteiger charge is -2.06. The average Bonchev–Trinajstić information content (AvgIpc) is 2.32. The van der Waals surface area contributed by atoms with Crippen molar-refractivity contribution in [1.29, 1.82) is 0 Å². The Morgan fingerprint density at radius 1 is 1.58 bits per heavy atom. The first-order chi connectivity index (χ1) is 8.95. The second-order valence-corrected chi connectivity index (χ2v) is 3.50. The first-order valence-electron chi connectivity index (χ1n) is 5.19. The number of nitrogens with one attached hydrogen (secondary N) is 2. The van der Waals surface area contributed by atoms with E-state index in [1.54, 1.807) is 4.98 Å². The maximum Gasteiger partial charge on any atom is 0.350 e. The van der Waals surface area contributed by atoms with Crippen molar-refractivity contribution in [3.8, 4) is 0 Å². The van der Waals surface area contributed by atoms with Crippen LogP contribution in [-0.2, 0) is 16.1 Å². The van der Waals surface area contributed by atoms with Crippen LogP contribution in [0.2, 0.25) is 0 Å². The number of methoxy groups -OCH3 is 1. The van der Waals surface area contributed by atoms with E-state index >= 15 is 0 Å². The summed E-state index contributed by atoms with van der Waals surface area (Å²) in [6, 6.07) is 0. The highest BCUT2D eigenvalue weighted by Gasteiger charge is 2.16. The summed E-state index contributed by atoms with van der Waals surface area (Å²) in [4.78, 5) is 45.2. The van der Waals surface area contributed by atoms with E-state index in [0.29, 0.717) is 6.61 Å². The van der Waals surface area contributed by atoms with Crippen molar-refractivity contribution in [2.75, 3.05) is 20.3 Å². The van der Waals surface area contributed by atoms with Gasteiger partial charge in [0, 0.05) is 13.7 Å². The molecular weight excluding hydrogens is 260 g/mol. The van der Waals surface area contributed by atoms with Crippen molar-refractivity contribution in [2.24, 2.45) is 0 Å². The zero-order chi connectivity index (χ0) is 14.4. The van der Waals surface area contributed by atoms with Gasteiger partial charge in [-0.05, 0) is 0 Å². The molecule has 0 bridgehead atoms. The van der Waals surface area contributed by atoms with E-state index in [-0.39, 0.29) is 6.54 Å². The van der Waals surface area contributed by atoms with Gasteiger partial charge in [0.25, 0.3) is 0 Å². The minimum absolute atomic E-state index is 0.246. The van der Waals surface area contributed by atoms with Crippen LogP contribution in [0.15, 0.2) is 15.8 Å². The van der Waals surface area contributed by atoms with E-state index < -0.39 is 34.3 Å². The van der Waals surface area contributed by atoms with Crippen molar-refractivity contribution in [3.05, 3.63) is 37.1 Å². The second-order valence-electron chi connectivity index (χ2n) is 3.50. The predicted molar refractivity (Wildman–Crippen MR) is 62.9 cm³/mol. The third-order valence-electron chi connectivity index (χ3n) is 2.13. The topological polar surface area (TPSA) is 136 Å². The van der Waals surface area contributed by atoms with Crippen molar-refractivity contribution in [3.63, 3.8) is 0 Å². The smallest absolute Gasteiger partial charge is 0.350 e. The van der Waals surface area contributed by atoms with Gasteiger partial charge in [0.15, 0.2) is 0 Å². The molecule has 1 heterocycles. The Hall–Kier alpha value is -2.49. The standard InChI is InChI=1S/C9H12N4O6/c1-19-3-2-10-7(14)5-12-4-6(13(17)18)8(15)11-9(12)16/h4H,2-3,5H2,1H3,(H,10,14)(H,11,15,16). The SMILES string of the molecule is COCCNC(=O)Cn1cc([N+](=O)[O-])c(=O)[nH]c1=O. The molecule has 0 atom stereocenters. The van der Waals surface area contributed by atoms with Crippen molar-refractivity contribution in [2.45, 2.75) is 6.54 Å².